The van der Waals surface area contributed by atoms with Gasteiger partial charge in [-0.05, 0) is 37.3 Å². The molecule has 0 atom stereocenters. The number of carbonyl (C=O) groups is 2. The molecule has 2 heterocycles. The Morgan fingerprint density at radius 1 is 1.38 bits per heavy atom. The first-order valence-electron chi connectivity index (χ1n) is 7.17. The van der Waals surface area contributed by atoms with Crippen LogP contribution in [0.25, 0.3) is 0 Å². The van der Waals surface area contributed by atoms with Gasteiger partial charge in [0.15, 0.2) is 0 Å². The Kier molecular flexibility index (Phi) is 5.17. The Bertz CT molecular complexity index is 540. The Morgan fingerprint density at radius 3 is 2.62 bits per heavy atom. The number of carboxylic acids is 1. The van der Waals surface area contributed by atoms with Gasteiger partial charge in [-0.3, -0.25) is 9.59 Å². The molecule has 6 heteroatoms. The molecule has 0 bridgehead atoms. The van der Waals surface area contributed by atoms with Crippen molar-refractivity contribution in [3.05, 3.63) is 28.5 Å². The number of likely N-dealkylation sites (tertiary alicyclic amines) is 1. The molecular formula is C15H19ClN2O3. The van der Waals surface area contributed by atoms with Crippen molar-refractivity contribution in [1.29, 1.82) is 0 Å². The van der Waals surface area contributed by atoms with Crippen LogP contribution in [-0.2, 0) is 11.2 Å². The van der Waals surface area contributed by atoms with Gasteiger partial charge in [-0.25, -0.2) is 4.98 Å². The third-order valence-electron chi connectivity index (χ3n) is 3.82. The van der Waals surface area contributed by atoms with Crippen molar-refractivity contribution in [2.24, 2.45) is 5.92 Å². The molecule has 0 aliphatic carbocycles. The van der Waals surface area contributed by atoms with E-state index in [1.54, 1.807) is 17.0 Å². The van der Waals surface area contributed by atoms with Gasteiger partial charge < -0.3 is 10.0 Å². The largest absolute Gasteiger partial charge is 0.481 e. The predicted octanol–water partition coefficient (Wildman–Crippen LogP) is 2.62. The molecule has 1 aromatic rings. The molecule has 114 valence electrons. The number of piperidine rings is 1. The molecule has 1 fully saturated rings. The van der Waals surface area contributed by atoms with Gasteiger partial charge in [0.05, 0.1) is 0 Å². The van der Waals surface area contributed by atoms with Crippen LogP contribution in [0.2, 0.25) is 5.15 Å². The maximum absolute atomic E-state index is 12.5. The van der Waals surface area contributed by atoms with Crippen LogP contribution in [0.1, 0.15) is 42.2 Å². The summed E-state index contributed by atoms with van der Waals surface area (Å²) in [5, 5.41) is 9.14. The first kappa shape index (κ1) is 15.8. The highest BCUT2D eigenvalue weighted by Crippen LogP contribution is 2.22. The van der Waals surface area contributed by atoms with E-state index in [9.17, 15) is 9.59 Å². The molecule has 1 aliphatic heterocycles. The summed E-state index contributed by atoms with van der Waals surface area (Å²) < 4.78 is 0. The zero-order valence-corrected chi connectivity index (χ0v) is 12.8. The van der Waals surface area contributed by atoms with Gasteiger partial charge in [0.25, 0.3) is 5.91 Å². The fourth-order valence-corrected chi connectivity index (χ4v) is 2.85. The quantitative estimate of drug-likeness (QED) is 0.868. The van der Waals surface area contributed by atoms with Crippen LogP contribution in [0.15, 0.2) is 12.1 Å². The minimum Gasteiger partial charge on any atom is -0.481 e. The molecule has 1 aliphatic rings. The number of aliphatic carboxylic acids is 1. The molecular weight excluding hydrogens is 292 g/mol. The van der Waals surface area contributed by atoms with Crippen LogP contribution in [0.5, 0.6) is 0 Å². The standard InChI is InChI=1S/C15H19ClN2O3/c1-2-12-8-11(9-13(16)17-12)15(21)18-5-3-10(4-6-18)7-14(19)20/h8-10H,2-7H2,1H3,(H,19,20). The van der Waals surface area contributed by atoms with E-state index in [4.69, 9.17) is 16.7 Å². The summed E-state index contributed by atoms with van der Waals surface area (Å²) in [6, 6.07) is 3.37. The lowest BCUT2D eigenvalue weighted by Gasteiger charge is -2.31. The summed E-state index contributed by atoms with van der Waals surface area (Å²) in [7, 11) is 0. The van der Waals surface area contributed by atoms with Crippen LogP contribution in [0.4, 0.5) is 0 Å². The number of nitrogens with zero attached hydrogens (tertiary/aromatic N) is 2. The Labute approximate surface area is 128 Å². The molecule has 0 spiro atoms. The first-order chi connectivity index (χ1) is 9.99. The lowest BCUT2D eigenvalue weighted by atomic mass is 9.93. The van der Waals surface area contributed by atoms with E-state index in [0.29, 0.717) is 23.8 Å². The highest BCUT2D eigenvalue weighted by Gasteiger charge is 2.25. The molecule has 1 aromatic heterocycles. The molecule has 1 saturated heterocycles. The van der Waals surface area contributed by atoms with Gasteiger partial charge in [0.2, 0.25) is 0 Å². The van der Waals surface area contributed by atoms with Crippen LogP contribution in [0.3, 0.4) is 0 Å². The van der Waals surface area contributed by atoms with Crippen LogP contribution < -0.4 is 0 Å². The normalized spacial score (nSPS) is 16.0. The number of pyridine rings is 1. The maximum atomic E-state index is 12.5. The number of amides is 1. The summed E-state index contributed by atoms with van der Waals surface area (Å²) in [5.74, 6) is -0.658. The minimum absolute atomic E-state index is 0.0530. The average Bonchev–Trinajstić information content (AvgIpc) is 2.46. The minimum atomic E-state index is -0.770. The van der Waals surface area contributed by atoms with Crippen molar-refractivity contribution in [2.45, 2.75) is 32.6 Å². The number of carboxylic acid groups (broad SMARTS) is 1. The Hall–Kier alpha value is -1.62. The van der Waals surface area contributed by atoms with E-state index in [-0.39, 0.29) is 18.2 Å². The third-order valence-corrected chi connectivity index (χ3v) is 4.01. The average molecular weight is 311 g/mol. The van der Waals surface area contributed by atoms with E-state index < -0.39 is 5.97 Å². The van der Waals surface area contributed by atoms with Crippen molar-refractivity contribution in [3.63, 3.8) is 0 Å². The summed E-state index contributed by atoms with van der Waals surface area (Å²) in [6.45, 7) is 3.15. The summed E-state index contributed by atoms with van der Waals surface area (Å²) in [4.78, 5) is 29.1. The maximum Gasteiger partial charge on any atom is 0.303 e. The molecule has 0 aromatic carbocycles. The van der Waals surface area contributed by atoms with Crippen molar-refractivity contribution in [2.75, 3.05) is 13.1 Å². The predicted molar refractivity (Wildman–Crippen MR) is 79.5 cm³/mol. The van der Waals surface area contributed by atoms with Gasteiger partial charge >= 0.3 is 5.97 Å². The van der Waals surface area contributed by atoms with E-state index in [2.05, 4.69) is 4.98 Å². The lowest BCUT2D eigenvalue weighted by Crippen LogP contribution is -2.39. The van der Waals surface area contributed by atoms with Gasteiger partial charge in [-0.15, -0.1) is 0 Å². The van der Waals surface area contributed by atoms with E-state index in [1.165, 1.54) is 0 Å². The number of carbonyl (C=O) groups excluding carboxylic acids is 1. The Morgan fingerprint density at radius 2 is 2.05 bits per heavy atom. The molecule has 0 unspecified atom stereocenters. The van der Waals surface area contributed by atoms with Crippen molar-refractivity contribution < 1.29 is 14.7 Å². The third kappa shape index (κ3) is 4.17. The topological polar surface area (TPSA) is 70.5 Å². The number of aryl methyl sites for hydroxylation is 1. The highest BCUT2D eigenvalue weighted by molar-refractivity contribution is 6.29. The van der Waals surface area contributed by atoms with Crippen LogP contribution in [-0.4, -0.2) is 40.0 Å². The van der Waals surface area contributed by atoms with Gasteiger partial charge in [-0.1, -0.05) is 18.5 Å². The zero-order valence-electron chi connectivity index (χ0n) is 12.0. The molecule has 1 N–H and O–H groups in total. The summed E-state index contributed by atoms with van der Waals surface area (Å²) >= 11 is 5.95. The lowest BCUT2D eigenvalue weighted by molar-refractivity contribution is -0.138. The Balaban J connectivity index is 2.02. The number of aromatic nitrogens is 1. The number of rotatable bonds is 4. The SMILES string of the molecule is CCc1cc(C(=O)N2CCC(CC(=O)O)CC2)cc(Cl)n1. The molecule has 2 rings (SSSR count). The van der Waals surface area contributed by atoms with Crippen molar-refractivity contribution >= 4 is 23.5 Å². The van der Waals surface area contributed by atoms with E-state index >= 15 is 0 Å². The van der Waals surface area contributed by atoms with Gasteiger partial charge in [0.1, 0.15) is 5.15 Å². The highest BCUT2D eigenvalue weighted by atomic mass is 35.5. The monoisotopic (exact) mass is 310 g/mol. The smallest absolute Gasteiger partial charge is 0.303 e. The van der Waals surface area contributed by atoms with E-state index in [0.717, 1.165) is 25.0 Å². The van der Waals surface area contributed by atoms with Gasteiger partial charge in [0, 0.05) is 30.8 Å². The molecule has 0 saturated carbocycles. The second kappa shape index (κ2) is 6.89. The summed E-state index contributed by atoms with van der Waals surface area (Å²) in [6.07, 6.45) is 2.37. The van der Waals surface area contributed by atoms with Crippen molar-refractivity contribution in [3.8, 4) is 0 Å². The summed E-state index contributed by atoms with van der Waals surface area (Å²) in [5.41, 5.74) is 1.36. The molecule has 21 heavy (non-hydrogen) atoms. The van der Waals surface area contributed by atoms with E-state index in [1.807, 2.05) is 6.92 Å². The number of hydrogen-bond donors (Lipinski definition) is 1. The first-order valence-corrected chi connectivity index (χ1v) is 7.55. The van der Waals surface area contributed by atoms with Crippen molar-refractivity contribution in [1.82, 2.24) is 9.88 Å². The molecule has 5 nitrogen and oxygen atoms in total. The number of hydrogen-bond acceptors (Lipinski definition) is 3. The van der Waals surface area contributed by atoms with Crippen LogP contribution in [0, 0.1) is 5.92 Å². The fourth-order valence-electron chi connectivity index (χ4n) is 2.63. The van der Waals surface area contributed by atoms with Crippen LogP contribution >= 0.6 is 11.6 Å². The van der Waals surface area contributed by atoms with Gasteiger partial charge in [-0.2, -0.15) is 0 Å². The zero-order chi connectivity index (χ0) is 15.4. The second-order valence-corrected chi connectivity index (χ2v) is 5.74. The fraction of sp³-hybridized carbons (Fsp3) is 0.533. The molecule has 1 amide bonds. The molecule has 0 radical (unpaired) electrons. The number of halogens is 1. The second-order valence-electron chi connectivity index (χ2n) is 5.36.